The number of carbonyl (C=O) groups is 1. The van der Waals surface area contributed by atoms with Gasteiger partial charge in [0.2, 0.25) is 17.6 Å². The van der Waals surface area contributed by atoms with Gasteiger partial charge in [-0.3, -0.25) is 4.79 Å². The van der Waals surface area contributed by atoms with Gasteiger partial charge < -0.3 is 20.3 Å². The largest absolute Gasteiger partial charge is 0.496 e. The van der Waals surface area contributed by atoms with Crippen molar-refractivity contribution < 1.29 is 14.1 Å². The normalized spacial score (nSPS) is 17.0. The minimum Gasteiger partial charge on any atom is -0.496 e. The molecule has 1 amide bonds. The predicted octanol–water partition coefficient (Wildman–Crippen LogP) is 3.01. The van der Waals surface area contributed by atoms with E-state index in [0.29, 0.717) is 30.3 Å². The Labute approximate surface area is 159 Å². The Hall–Kier alpha value is -2.12. The molecule has 1 aromatic heterocycles. The molecule has 1 atom stereocenters. The molecule has 1 fully saturated rings. The van der Waals surface area contributed by atoms with Crippen molar-refractivity contribution in [1.82, 2.24) is 15.5 Å². The Kier molecular flexibility index (Phi) is 6.61. The summed E-state index contributed by atoms with van der Waals surface area (Å²) in [7, 11) is 1.59. The van der Waals surface area contributed by atoms with Crippen LogP contribution >= 0.6 is 12.4 Å². The number of nitrogens with zero attached hydrogens (tertiary/aromatic N) is 2. The zero-order chi connectivity index (χ0) is 17.9. The van der Waals surface area contributed by atoms with Gasteiger partial charge in [-0.1, -0.05) is 36.6 Å². The lowest BCUT2D eigenvalue weighted by atomic mass is 9.82. The molecule has 3 N–H and O–H groups in total. The van der Waals surface area contributed by atoms with Gasteiger partial charge in [0.15, 0.2) is 0 Å². The smallest absolute Gasteiger partial charge is 0.249 e. The highest BCUT2D eigenvalue weighted by molar-refractivity contribution is 5.86. The average molecular weight is 381 g/mol. The van der Waals surface area contributed by atoms with Crippen molar-refractivity contribution in [2.24, 2.45) is 5.73 Å². The minimum absolute atomic E-state index is 0. The summed E-state index contributed by atoms with van der Waals surface area (Å²) in [6, 6.07) is 7.02. The highest BCUT2D eigenvalue weighted by Gasteiger charge is 2.36. The van der Waals surface area contributed by atoms with Crippen LogP contribution in [0.5, 0.6) is 5.75 Å². The van der Waals surface area contributed by atoms with Gasteiger partial charge in [0, 0.05) is 0 Å². The fraction of sp³-hybridized carbons (Fsp3) is 0.500. The molecule has 1 aromatic carbocycles. The van der Waals surface area contributed by atoms with Crippen LogP contribution in [0.1, 0.15) is 51.0 Å². The maximum absolute atomic E-state index is 12.5. The number of nitrogens with two attached hydrogens (primary N) is 1. The number of aromatic nitrogens is 2. The molecule has 0 saturated heterocycles. The number of halogens is 1. The van der Waals surface area contributed by atoms with Crippen LogP contribution in [-0.4, -0.2) is 28.7 Å². The van der Waals surface area contributed by atoms with Crippen LogP contribution in [0.3, 0.4) is 0 Å². The number of methoxy groups -OCH3 is 1. The van der Waals surface area contributed by atoms with Gasteiger partial charge in [-0.15, -0.1) is 12.4 Å². The molecular formula is C18H25ClN4O3. The monoisotopic (exact) mass is 380 g/mol. The summed E-state index contributed by atoms with van der Waals surface area (Å²) in [5.41, 5.74) is 6.21. The van der Waals surface area contributed by atoms with Gasteiger partial charge >= 0.3 is 0 Å². The Morgan fingerprint density at radius 3 is 2.69 bits per heavy atom. The molecule has 1 unspecified atom stereocenters. The van der Waals surface area contributed by atoms with Crippen LogP contribution in [0.25, 0.3) is 11.4 Å². The maximum Gasteiger partial charge on any atom is 0.249 e. The van der Waals surface area contributed by atoms with Gasteiger partial charge in [0.05, 0.1) is 18.2 Å². The SMILES string of the molecule is COc1ccccc1-c1noc(C(C)NC(=O)C2(N)CCCCC2)n1.Cl. The molecule has 2 aromatic rings. The quantitative estimate of drug-likeness (QED) is 0.826. The van der Waals surface area contributed by atoms with Crippen LogP contribution in [0.15, 0.2) is 28.8 Å². The fourth-order valence-electron chi connectivity index (χ4n) is 3.16. The summed E-state index contributed by atoms with van der Waals surface area (Å²) in [4.78, 5) is 16.9. The second-order valence-electron chi connectivity index (χ2n) is 6.57. The molecule has 1 saturated carbocycles. The van der Waals surface area contributed by atoms with E-state index < -0.39 is 11.6 Å². The first kappa shape index (κ1) is 20.2. The summed E-state index contributed by atoms with van der Waals surface area (Å²) in [6.45, 7) is 1.81. The van der Waals surface area contributed by atoms with Crippen molar-refractivity contribution in [2.75, 3.05) is 7.11 Å². The van der Waals surface area contributed by atoms with Gasteiger partial charge in [-0.05, 0) is 31.9 Å². The molecule has 7 nitrogen and oxygen atoms in total. The lowest BCUT2D eigenvalue weighted by Gasteiger charge is -2.32. The third-order valence-corrected chi connectivity index (χ3v) is 4.71. The molecule has 142 valence electrons. The van der Waals surface area contributed by atoms with Crippen molar-refractivity contribution in [3.8, 4) is 17.1 Å². The van der Waals surface area contributed by atoms with Gasteiger partial charge in [-0.25, -0.2) is 0 Å². The van der Waals surface area contributed by atoms with Crippen molar-refractivity contribution in [2.45, 2.75) is 50.6 Å². The van der Waals surface area contributed by atoms with Crippen molar-refractivity contribution in [3.05, 3.63) is 30.2 Å². The molecule has 0 bridgehead atoms. The van der Waals surface area contributed by atoms with E-state index in [4.69, 9.17) is 15.0 Å². The lowest BCUT2D eigenvalue weighted by Crippen LogP contribution is -2.55. The summed E-state index contributed by atoms with van der Waals surface area (Å²) in [5, 5.41) is 6.91. The van der Waals surface area contributed by atoms with Gasteiger partial charge in [-0.2, -0.15) is 4.98 Å². The fourth-order valence-corrected chi connectivity index (χ4v) is 3.16. The third-order valence-electron chi connectivity index (χ3n) is 4.71. The predicted molar refractivity (Wildman–Crippen MR) is 100 cm³/mol. The van der Waals surface area contributed by atoms with Crippen LogP contribution in [0.2, 0.25) is 0 Å². The molecular weight excluding hydrogens is 356 g/mol. The molecule has 8 heteroatoms. The molecule has 0 radical (unpaired) electrons. The molecule has 1 heterocycles. The van der Waals surface area contributed by atoms with E-state index in [1.165, 1.54) is 0 Å². The molecule has 3 rings (SSSR count). The van der Waals surface area contributed by atoms with E-state index in [-0.39, 0.29) is 18.3 Å². The highest BCUT2D eigenvalue weighted by Crippen LogP contribution is 2.29. The third kappa shape index (κ3) is 4.16. The Bertz CT molecular complexity index is 744. The topological polar surface area (TPSA) is 103 Å². The number of hydrogen-bond donors (Lipinski definition) is 2. The van der Waals surface area contributed by atoms with E-state index in [9.17, 15) is 4.79 Å². The number of para-hydroxylation sites is 1. The second kappa shape index (κ2) is 8.51. The first-order valence-corrected chi connectivity index (χ1v) is 8.60. The number of amides is 1. The van der Waals surface area contributed by atoms with E-state index in [0.717, 1.165) is 24.8 Å². The first-order chi connectivity index (χ1) is 12.0. The van der Waals surface area contributed by atoms with E-state index in [2.05, 4.69) is 15.5 Å². The standard InChI is InChI=1S/C18H24N4O3.ClH/c1-12(20-17(23)18(19)10-6-3-7-11-18)16-21-15(22-25-16)13-8-4-5-9-14(13)24-2;/h4-5,8-9,12H,3,6-7,10-11,19H2,1-2H3,(H,20,23);1H. The molecule has 1 aliphatic rings. The van der Waals surface area contributed by atoms with Crippen molar-refractivity contribution in [1.29, 1.82) is 0 Å². The Balaban J connectivity index is 0.00000243. The van der Waals surface area contributed by atoms with E-state index in [1.807, 2.05) is 31.2 Å². The molecule has 1 aliphatic carbocycles. The second-order valence-corrected chi connectivity index (χ2v) is 6.57. The summed E-state index contributed by atoms with van der Waals surface area (Å²) >= 11 is 0. The molecule has 0 spiro atoms. The molecule has 0 aliphatic heterocycles. The average Bonchev–Trinajstić information content (AvgIpc) is 3.12. The van der Waals surface area contributed by atoms with Crippen molar-refractivity contribution in [3.63, 3.8) is 0 Å². The van der Waals surface area contributed by atoms with Crippen LogP contribution in [0, 0.1) is 0 Å². The number of benzene rings is 1. The number of hydrogen-bond acceptors (Lipinski definition) is 6. The maximum atomic E-state index is 12.5. The summed E-state index contributed by atoms with van der Waals surface area (Å²) in [5.74, 6) is 1.27. The summed E-state index contributed by atoms with van der Waals surface area (Å²) < 4.78 is 10.6. The lowest BCUT2D eigenvalue weighted by molar-refractivity contribution is -0.128. The zero-order valence-electron chi connectivity index (χ0n) is 15.0. The number of nitrogens with one attached hydrogen (secondary N) is 1. The number of ether oxygens (including phenoxy) is 1. The van der Waals surface area contributed by atoms with E-state index >= 15 is 0 Å². The first-order valence-electron chi connectivity index (χ1n) is 8.60. The Morgan fingerprint density at radius 1 is 1.31 bits per heavy atom. The Morgan fingerprint density at radius 2 is 2.00 bits per heavy atom. The summed E-state index contributed by atoms with van der Waals surface area (Å²) in [6.07, 6.45) is 4.52. The van der Waals surface area contributed by atoms with Crippen LogP contribution in [-0.2, 0) is 4.79 Å². The van der Waals surface area contributed by atoms with Gasteiger partial charge in [0.25, 0.3) is 0 Å². The van der Waals surface area contributed by atoms with Gasteiger partial charge in [0.1, 0.15) is 11.8 Å². The molecule has 26 heavy (non-hydrogen) atoms. The zero-order valence-corrected chi connectivity index (χ0v) is 15.8. The van der Waals surface area contributed by atoms with Crippen molar-refractivity contribution >= 4 is 18.3 Å². The highest BCUT2D eigenvalue weighted by atomic mass is 35.5. The minimum atomic E-state index is -0.794. The van der Waals surface area contributed by atoms with Crippen LogP contribution in [0.4, 0.5) is 0 Å². The number of rotatable bonds is 5. The van der Waals surface area contributed by atoms with E-state index in [1.54, 1.807) is 7.11 Å². The number of carbonyl (C=O) groups excluding carboxylic acids is 1. The van der Waals surface area contributed by atoms with Crippen LogP contribution < -0.4 is 15.8 Å².